The van der Waals surface area contributed by atoms with E-state index < -0.39 is 0 Å². The van der Waals surface area contributed by atoms with E-state index in [0.29, 0.717) is 5.92 Å². The van der Waals surface area contributed by atoms with Crippen molar-refractivity contribution in [3.63, 3.8) is 0 Å². The SMILES string of the molecule is COC(C(O)C1CCC(C)CC1)C(C)(C)C. The first-order valence-corrected chi connectivity index (χ1v) is 6.57. The van der Waals surface area contributed by atoms with Crippen LogP contribution in [0.25, 0.3) is 0 Å². The Morgan fingerprint density at radius 2 is 1.62 bits per heavy atom. The van der Waals surface area contributed by atoms with E-state index in [-0.39, 0.29) is 17.6 Å². The summed E-state index contributed by atoms with van der Waals surface area (Å²) >= 11 is 0. The van der Waals surface area contributed by atoms with Gasteiger partial charge in [-0.15, -0.1) is 0 Å². The standard InChI is InChI=1S/C14H28O2/c1-10-6-8-11(9-7-10)12(15)13(16-5)14(2,3)4/h10-13,15H,6-9H2,1-5H3. The molecule has 1 fully saturated rings. The number of ether oxygens (including phenoxy) is 1. The molecule has 1 aliphatic carbocycles. The van der Waals surface area contributed by atoms with Crippen LogP contribution in [0.15, 0.2) is 0 Å². The van der Waals surface area contributed by atoms with Gasteiger partial charge in [0.1, 0.15) is 0 Å². The molecule has 16 heavy (non-hydrogen) atoms. The second-order valence-corrected chi connectivity index (χ2v) is 6.53. The maximum Gasteiger partial charge on any atom is 0.0880 e. The highest BCUT2D eigenvalue weighted by Crippen LogP contribution is 2.35. The van der Waals surface area contributed by atoms with Gasteiger partial charge < -0.3 is 9.84 Å². The van der Waals surface area contributed by atoms with Gasteiger partial charge in [-0.3, -0.25) is 0 Å². The second kappa shape index (κ2) is 5.50. The van der Waals surface area contributed by atoms with Crippen molar-refractivity contribution in [2.45, 2.75) is 65.6 Å². The summed E-state index contributed by atoms with van der Waals surface area (Å²) < 4.78 is 5.51. The van der Waals surface area contributed by atoms with E-state index in [4.69, 9.17) is 4.74 Å². The van der Waals surface area contributed by atoms with Crippen molar-refractivity contribution in [2.24, 2.45) is 17.3 Å². The molecule has 0 aromatic carbocycles. The Hall–Kier alpha value is -0.0800. The fourth-order valence-corrected chi connectivity index (χ4v) is 2.88. The van der Waals surface area contributed by atoms with E-state index >= 15 is 0 Å². The van der Waals surface area contributed by atoms with Crippen LogP contribution in [0, 0.1) is 17.3 Å². The highest BCUT2D eigenvalue weighted by Gasteiger charge is 2.36. The summed E-state index contributed by atoms with van der Waals surface area (Å²) in [6, 6.07) is 0. The smallest absolute Gasteiger partial charge is 0.0880 e. The molecule has 1 N–H and O–H groups in total. The van der Waals surface area contributed by atoms with Crippen LogP contribution in [-0.4, -0.2) is 24.4 Å². The molecule has 0 heterocycles. The second-order valence-electron chi connectivity index (χ2n) is 6.53. The number of hydrogen-bond acceptors (Lipinski definition) is 2. The molecule has 0 aromatic heterocycles. The summed E-state index contributed by atoms with van der Waals surface area (Å²) in [5, 5.41) is 10.4. The first-order valence-electron chi connectivity index (χ1n) is 6.57. The van der Waals surface area contributed by atoms with E-state index in [1.807, 2.05) is 0 Å². The zero-order valence-corrected chi connectivity index (χ0v) is 11.5. The molecule has 0 radical (unpaired) electrons. The average Bonchev–Trinajstić information content (AvgIpc) is 2.17. The molecule has 1 saturated carbocycles. The third-order valence-corrected chi connectivity index (χ3v) is 3.96. The van der Waals surface area contributed by atoms with Gasteiger partial charge in [0.2, 0.25) is 0 Å². The topological polar surface area (TPSA) is 29.5 Å². The molecule has 2 atom stereocenters. The molecule has 0 saturated heterocycles. The molecule has 0 aliphatic heterocycles. The fourth-order valence-electron chi connectivity index (χ4n) is 2.88. The average molecular weight is 228 g/mol. The fraction of sp³-hybridized carbons (Fsp3) is 1.00. The lowest BCUT2D eigenvalue weighted by Gasteiger charge is -2.39. The van der Waals surface area contributed by atoms with Crippen molar-refractivity contribution in [2.75, 3.05) is 7.11 Å². The van der Waals surface area contributed by atoms with E-state index in [0.717, 1.165) is 18.8 Å². The van der Waals surface area contributed by atoms with Gasteiger partial charge in [0, 0.05) is 7.11 Å². The van der Waals surface area contributed by atoms with Gasteiger partial charge in [-0.1, -0.05) is 40.5 Å². The van der Waals surface area contributed by atoms with Gasteiger partial charge in [-0.2, -0.15) is 0 Å². The van der Waals surface area contributed by atoms with Gasteiger partial charge in [0.25, 0.3) is 0 Å². The van der Waals surface area contributed by atoms with Crippen molar-refractivity contribution in [3.05, 3.63) is 0 Å². The summed E-state index contributed by atoms with van der Waals surface area (Å²) in [7, 11) is 1.71. The molecule has 2 nitrogen and oxygen atoms in total. The molecule has 1 rings (SSSR count). The summed E-state index contributed by atoms with van der Waals surface area (Å²) in [5.74, 6) is 1.26. The number of hydrogen-bond donors (Lipinski definition) is 1. The highest BCUT2D eigenvalue weighted by atomic mass is 16.5. The summed E-state index contributed by atoms with van der Waals surface area (Å²) in [4.78, 5) is 0. The summed E-state index contributed by atoms with van der Waals surface area (Å²) in [5.41, 5.74) is 0.0111. The van der Waals surface area contributed by atoms with Gasteiger partial charge >= 0.3 is 0 Å². The van der Waals surface area contributed by atoms with E-state index in [1.165, 1.54) is 12.8 Å². The maximum absolute atomic E-state index is 10.4. The lowest BCUT2D eigenvalue weighted by molar-refractivity contribution is -0.0994. The number of aliphatic hydroxyl groups excluding tert-OH is 1. The van der Waals surface area contributed by atoms with E-state index in [9.17, 15) is 5.11 Å². The third-order valence-electron chi connectivity index (χ3n) is 3.96. The number of aliphatic hydroxyl groups is 1. The lowest BCUT2D eigenvalue weighted by Crippen LogP contribution is -2.44. The molecule has 0 spiro atoms. The van der Waals surface area contributed by atoms with Gasteiger partial charge in [-0.25, -0.2) is 0 Å². The zero-order chi connectivity index (χ0) is 12.3. The Labute approximate surface area is 100 Å². The molecular formula is C14H28O2. The predicted molar refractivity (Wildman–Crippen MR) is 67.4 cm³/mol. The first kappa shape index (κ1) is 14.0. The normalized spacial score (nSPS) is 31.1. The minimum absolute atomic E-state index is 0.0111. The first-order chi connectivity index (χ1) is 7.36. The minimum Gasteiger partial charge on any atom is -0.390 e. The molecule has 1 aliphatic rings. The van der Waals surface area contributed by atoms with Crippen LogP contribution in [0.1, 0.15) is 53.4 Å². The number of methoxy groups -OCH3 is 1. The third kappa shape index (κ3) is 3.46. The molecule has 0 aromatic rings. The largest absolute Gasteiger partial charge is 0.390 e. The Morgan fingerprint density at radius 1 is 1.12 bits per heavy atom. The molecule has 96 valence electrons. The van der Waals surface area contributed by atoms with Crippen molar-refractivity contribution in [1.29, 1.82) is 0 Å². The zero-order valence-electron chi connectivity index (χ0n) is 11.5. The minimum atomic E-state index is -0.308. The predicted octanol–water partition coefficient (Wildman–Crippen LogP) is 3.23. The summed E-state index contributed by atoms with van der Waals surface area (Å²) in [6.45, 7) is 8.71. The lowest BCUT2D eigenvalue weighted by atomic mass is 9.74. The quantitative estimate of drug-likeness (QED) is 0.803. The van der Waals surface area contributed by atoms with Gasteiger partial charge in [0.05, 0.1) is 12.2 Å². The van der Waals surface area contributed by atoms with Crippen LogP contribution in [0.3, 0.4) is 0 Å². The molecule has 0 bridgehead atoms. The van der Waals surface area contributed by atoms with Crippen molar-refractivity contribution in [3.8, 4) is 0 Å². The van der Waals surface area contributed by atoms with Gasteiger partial charge in [0.15, 0.2) is 0 Å². The van der Waals surface area contributed by atoms with E-state index in [1.54, 1.807) is 7.11 Å². The van der Waals surface area contributed by atoms with Crippen LogP contribution in [0.2, 0.25) is 0 Å². The van der Waals surface area contributed by atoms with Crippen molar-refractivity contribution in [1.82, 2.24) is 0 Å². The monoisotopic (exact) mass is 228 g/mol. The highest BCUT2D eigenvalue weighted by molar-refractivity contribution is 4.87. The molecular weight excluding hydrogens is 200 g/mol. The number of rotatable bonds is 3. The van der Waals surface area contributed by atoms with Crippen LogP contribution in [0.5, 0.6) is 0 Å². The molecule has 2 unspecified atom stereocenters. The summed E-state index contributed by atoms with van der Waals surface area (Å²) in [6.07, 6.45) is 4.45. The molecule has 0 amide bonds. The Bertz CT molecular complexity index is 199. The van der Waals surface area contributed by atoms with Crippen LogP contribution in [-0.2, 0) is 4.74 Å². The molecule has 2 heteroatoms. The van der Waals surface area contributed by atoms with Crippen LogP contribution < -0.4 is 0 Å². The van der Waals surface area contributed by atoms with Crippen LogP contribution >= 0.6 is 0 Å². The Kier molecular flexibility index (Phi) is 4.81. The van der Waals surface area contributed by atoms with Crippen LogP contribution in [0.4, 0.5) is 0 Å². The maximum atomic E-state index is 10.4. The van der Waals surface area contributed by atoms with Crippen molar-refractivity contribution < 1.29 is 9.84 Å². The Morgan fingerprint density at radius 3 is 2.00 bits per heavy atom. The Balaban J connectivity index is 2.58. The van der Waals surface area contributed by atoms with Crippen molar-refractivity contribution >= 4 is 0 Å². The van der Waals surface area contributed by atoms with E-state index in [2.05, 4.69) is 27.7 Å². The van der Waals surface area contributed by atoms with Gasteiger partial charge in [-0.05, 0) is 30.1 Å².